The fourth-order valence-corrected chi connectivity index (χ4v) is 2.81. The zero-order chi connectivity index (χ0) is 16.0. The maximum Gasteiger partial charge on any atom is 0.0471 e. The number of halogens is 1. The molecule has 1 aromatic carbocycles. The third-order valence-electron chi connectivity index (χ3n) is 3.65. The molecule has 21 heavy (non-hydrogen) atoms. The van der Waals surface area contributed by atoms with Gasteiger partial charge >= 0.3 is 0 Å². The van der Waals surface area contributed by atoms with Gasteiger partial charge in [-0.25, -0.2) is 0 Å². The Morgan fingerprint density at radius 1 is 1.33 bits per heavy atom. The van der Waals surface area contributed by atoms with E-state index < -0.39 is 0 Å². The van der Waals surface area contributed by atoms with Crippen LogP contribution in [0.1, 0.15) is 39.7 Å². The van der Waals surface area contributed by atoms with Gasteiger partial charge in [-0.2, -0.15) is 11.8 Å². The zero-order valence-corrected chi connectivity index (χ0v) is 15.7. The van der Waals surface area contributed by atoms with Crippen molar-refractivity contribution in [2.45, 2.75) is 52.2 Å². The van der Waals surface area contributed by atoms with Crippen LogP contribution in [0.25, 0.3) is 0 Å². The van der Waals surface area contributed by atoms with E-state index >= 15 is 0 Å². The zero-order valence-electron chi connectivity index (χ0n) is 14.2. The lowest BCUT2D eigenvalue weighted by atomic mass is 10.1. The van der Waals surface area contributed by atoms with Crippen LogP contribution in [0, 0.1) is 0 Å². The number of nitrogens with zero attached hydrogens (tertiary/aromatic N) is 1. The fraction of sp³-hybridized carbons (Fsp3) is 0.647. The third-order valence-corrected chi connectivity index (χ3v) is 4.65. The van der Waals surface area contributed by atoms with Gasteiger partial charge in [0, 0.05) is 35.9 Å². The molecular weight excluding hydrogens is 300 g/mol. The second-order valence-corrected chi connectivity index (χ2v) is 8.01. The molecule has 0 aliphatic carbocycles. The molecule has 0 radical (unpaired) electrons. The highest BCUT2D eigenvalue weighted by molar-refractivity contribution is 7.98. The maximum atomic E-state index is 6.44. The second-order valence-electron chi connectivity index (χ2n) is 6.62. The molecule has 0 aromatic heterocycles. The largest absolute Gasteiger partial charge is 0.372 e. The summed E-state index contributed by atoms with van der Waals surface area (Å²) in [6.45, 7) is 9.55. The summed E-state index contributed by atoms with van der Waals surface area (Å²) >= 11 is 8.34. The number of hydrogen-bond acceptors (Lipinski definition) is 3. The Morgan fingerprint density at radius 2 is 2.00 bits per heavy atom. The lowest BCUT2D eigenvalue weighted by molar-refractivity contribution is 0.424. The molecule has 0 amide bonds. The number of nitrogens with one attached hydrogen (secondary N) is 1. The van der Waals surface area contributed by atoms with Gasteiger partial charge < -0.3 is 10.2 Å². The summed E-state index contributed by atoms with van der Waals surface area (Å²) in [6, 6.07) is 6.90. The highest BCUT2D eigenvalue weighted by atomic mass is 35.5. The molecule has 0 bridgehead atoms. The van der Waals surface area contributed by atoms with E-state index in [9.17, 15) is 0 Å². The molecular formula is C17H29ClN2S. The minimum Gasteiger partial charge on any atom is -0.372 e. The van der Waals surface area contributed by atoms with Crippen LogP contribution in [0.4, 0.5) is 5.69 Å². The van der Waals surface area contributed by atoms with Crippen LogP contribution in [-0.2, 0) is 6.54 Å². The molecule has 4 heteroatoms. The molecule has 1 rings (SSSR count). The molecule has 2 nitrogen and oxygen atoms in total. The van der Waals surface area contributed by atoms with Crippen LogP contribution in [0.5, 0.6) is 0 Å². The van der Waals surface area contributed by atoms with Gasteiger partial charge in [-0.1, -0.05) is 17.7 Å². The first-order chi connectivity index (χ1) is 9.74. The summed E-state index contributed by atoms with van der Waals surface area (Å²) in [6.07, 6.45) is 3.34. The maximum absolute atomic E-state index is 6.44. The van der Waals surface area contributed by atoms with E-state index in [0.29, 0.717) is 6.04 Å². The normalized spacial score (nSPS) is 13.3. The Labute approximate surface area is 139 Å². The molecule has 0 saturated heterocycles. The predicted molar refractivity (Wildman–Crippen MR) is 98.9 cm³/mol. The Balaban J connectivity index is 2.72. The van der Waals surface area contributed by atoms with Crippen molar-refractivity contribution in [3.05, 3.63) is 28.8 Å². The topological polar surface area (TPSA) is 15.3 Å². The van der Waals surface area contributed by atoms with Crippen molar-refractivity contribution in [3.63, 3.8) is 0 Å². The fourth-order valence-electron chi connectivity index (χ4n) is 2.00. The summed E-state index contributed by atoms with van der Waals surface area (Å²) in [4.78, 5) is 2.31. The van der Waals surface area contributed by atoms with E-state index in [4.69, 9.17) is 11.6 Å². The minimum atomic E-state index is 0.102. The molecule has 0 heterocycles. The summed E-state index contributed by atoms with van der Waals surface area (Å²) in [5, 5.41) is 4.32. The molecule has 0 aliphatic heterocycles. The molecule has 0 saturated carbocycles. The Morgan fingerprint density at radius 3 is 2.52 bits per heavy atom. The monoisotopic (exact) mass is 328 g/mol. The summed E-state index contributed by atoms with van der Waals surface area (Å²) in [7, 11) is 2.14. The van der Waals surface area contributed by atoms with Crippen LogP contribution >= 0.6 is 23.4 Å². The highest BCUT2D eigenvalue weighted by Gasteiger charge is 2.13. The minimum absolute atomic E-state index is 0.102. The van der Waals surface area contributed by atoms with Gasteiger partial charge in [0.15, 0.2) is 0 Å². The van der Waals surface area contributed by atoms with E-state index in [1.807, 2.05) is 11.8 Å². The molecule has 120 valence electrons. The number of hydrogen-bond donors (Lipinski definition) is 1. The van der Waals surface area contributed by atoms with Crippen LogP contribution < -0.4 is 10.2 Å². The predicted octanol–water partition coefficient (Wildman–Crippen LogP) is 4.81. The van der Waals surface area contributed by atoms with Crippen molar-refractivity contribution in [1.29, 1.82) is 0 Å². The summed E-state index contributed by atoms with van der Waals surface area (Å²) in [5.74, 6) is 1.19. The van der Waals surface area contributed by atoms with Gasteiger partial charge in [0.1, 0.15) is 0 Å². The SMILES string of the molecule is CSCCC(C)N(C)c1ccc(CNC(C)(C)C)c(Cl)c1. The Bertz CT molecular complexity index is 443. The quantitative estimate of drug-likeness (QED) is 0.773. The molecule has 1 N–H and O–H groups in total. The average Bonchev–Trinajstić information content (AvgIpc) is 2.41. The van der Waals surface area contributed by atoms with E-state index in [-0.39, 0.29) is 5.54 Å². The van der Waals surface area contributed by atoms with Gasteiger partial charge in [0.2, 0.25) is 0 Å². The van der Waals surface area contributed by atoms with Gasteiger partial charge in [-0.05, 0) is 63.8 Å². The number of thioether (sulfide) groups is 1. The lowest BCUT2D eigenvalue weighted by Crippen LogP contribution is -2.35. The van der Waals surface area contributed by atoms with Crippen LogP contribution in [0.3, 0.4) is 0 Å². The first kappa shape index (κ1) is 18.7. The number of benzene rings is 1. The van der Waals surface area contributed by atoms with Crippen molar-refractivity contribution in [2.24, 2.45) is 0 Å². The van der Waals surface area contributed by atoms with Crippen molar-refractivity contribution in [2.75, 3.05) is 24.0 Å². The van der Waals surface area contributed by atoms with E-state index in [1.54, 1.807) is 0 Å². The first-order valence-corrected chi connectivity index (χ1v) is 9.27. The van der Waals surface area contributed by atoms with Crippen molar-refractivity contribution < 1.29 is 0 Å². The molecule has 0 fully saturated rings. The summed E-state index contributed by atoms with van der Waals surface area (Å²) in [5.41, 5.74) is 2.44. The van der Waals surface area contributed by atoms with E-state index in [2.05, 4.69) is 69.4 Å². The van der Waals surface area contributed by atoms with E-state index in [1.165, 1.54) is 17.9 Å². The van der Waals surface area contributed by atoms with Gasteiger partial charge in [-0.15, -0.1) is 0 Å². The van der Waals surface area contributed by atoms with Crippen molar-refractivity contribution >= 4 is 29.1 Å². The van der Waals surface area contributed by atoms with Gasteiger partial charge in [-0.3, -0.25) is 0 Å². The van der Waals surface area contributed by atoms with Gasteiger partial charge in [0.25, 0.3) is 0 Å². The van der Waals surface area contributed by atoms with Gasteiger partial charge in [0.05, 0.1) is 0 Å². The Hall–Kier alpha value is -0.380. The first-order valence-electron chi connectivity index (χ1n) is 7.50. The van der Waals surface area contributed by atoms with E-state index in [0.717, 1.165) is 17.1 Å². The van der Waals surface area contributed by atoms with Crippen molar-refractivity contribution in [1.82, 2.24) is 5.32 Å². The molecule has 1 atom stereocenters. The highest BCUT2D eigenvalue weighted by Crippen LogP contribution is 2.25. The van der Waals surface area contributed by atoms with Crippen LogP contribution in [0.2, 0.25) is 5.02 Å². The standard InChI is InChI=1S/C17H29ClN2S/c1-13(9-10-21-6)20(5)15-8-7-14(16(18)11-15)12-19-17(2,3)4/h7-8,11,13,19H,9-10,12H2,1-6H3. The lowest BCUT2D eigenvalue weighted by Gasteiger charge is -2.28. The molecule has 0 spiro atoms. The number of rotatable bonds is 7. The van der Waals surface area contributed by atoms with Crippen molar-refractivity contribution in [3.8, 4) is 0 Å². The Kier molecular flexibility index (Phi) is 7.38. The summed E-state index contributed by atoms with van der Waals surface area (Å²) < 4.78 is 0. The second kappa shape index (κ2) is 8.30. The molecule has 1 unspecified atom stereocenters. The molecule has 0 aliphatic rings. The molecule has 1 aromatic rings. The third kappa shape index (κ3) is 6.50. The average molecular weight is 329 g/mol. The number of anilines is 1. The van der Waals surface area contributed by atoms with Crippen LogP contribution in [0.15, 0.2) is 18.2 Å². The smallest absolute Gasteiger partial charge is 0.0471 e. The van der Waals surface area contributed by atoms with Crippen LogP contribution in [-0.4, -0.2) is 30.6 Å².